The van der Waals surface area contributed by atoms with Crippen molar-refractivity contribution in [2.24, 2.45) is 0 Å². The molecular weight excluding hydrogens is 298 g/mol. The molecule has 0 bridgehead atoms. The number of anilines is 1. The van der Waals surface area contributed by atoms with Gasteiger partial charge >= 0.3 is 0 Å². The summed E-state index contributed by atoms with van der Waals surface area (Å²) in [7, 11) is -3.18. The second kappa shape index (κ2) is 6.44. The molecule has 1 aromatic carbocycles. The molecular formula is C13H18ClN3O2S. The predicted octanol–water partition coefficient (Wildman–Crippen LogP) is 1.57. The third kappa shape index (κ3) is 3.85. The second-order valence-corrected chi connectivity index (χ2v) is 6.88. The first-order valence-electron chi connectivity index (χ1n) is 6.15. The number of benzene rings is 1. The van der Waals surface area contributed by atoms with Crippen molar-refractivity contribution in [2.45, 2.75) is 23.3 Å². The Labute approximate surface area is 125 Å². The van der Waals surface area contributed by atoms with Gasteiger partial charge in [-0.25, -0.2) is 8.42 Å². The molecule has 0 atom stereocenters. The Morgan fingerprint density at radius 3 is 2.25 bits per heavy atom. The quantitative estimate of drug-likeness (QED) is 0.885. The van der Waals surface area contributed by atoms with Crippen molar-refractivity contribution in [3.8, 4) is 6.07 Å². The molecule has 2 rings (SSSR count). The molecule has 0 saturated carbocycles. The summed E-state index contributed by atoms with van der Waals surface area (Å²) in [6.45, 7) is 1.62. The molecule has 20 heavy (non-hydrogen) atoms. The molecule has 7 heteroatoms. The largest absolute Gasteiger partial charge is 0.367 e. The third-order valence-corrected chi connectivity index (χ3v) is 4.47. The van der Waals surface area contributed by atoms with Crippen molar-refractivity contribution < 1.29 is 8.42 Å². The van der Waals surface area contributed by atoms with E-state index in [1.54, 1.807) is 24.3 Å². The standard InChI is InChI=1S/C13H17N3O2S.ClH/c1-19(17,18)12-4-2-11(3-5-12)16-13(10-14)6-8-15-9-7-13;/h2-5,15-16H,6-9H2,1H3;1H. The van der Waals surface area contributed by atoms with Crippen LogP contribution in [0.3, 0.4) is 0 Å². The molecule has 110 valence electrons. The van der Waals surface area contributed by atoms with E-state index in [9.17, 15) is 13.7 Å². The van der Waals surface area contributed by atoms with Gasteiger partial charge in [-0.2, -0.15) is 5.26 Å². The lowest BCUT2D eigenvalue weighted by Crippen LogP contribution is -2.46. The number of hydrogen-bond acceptors (Lipinski definition) is 5. The van der Waals surface area contributed by atoms with E-state index >= 15 is 0 Å². The Bertz CT molecular complexity index is 587. The first-order chi connectivity index (χ1) is 8.95. The Morgan fingerprint density at radius 1 is 1.25 bits per heavy atom. The number of nitrogens with zero attached hydrogens (tertiary/aromatic N) is 1. The number of sulfone groups is 1. The number of halogens is 1. The lowest BCUT2D eigenvalue weighted by molar-refractivity contribution is 0.409. The van der Waals surface area contributed by atoms with Crippen molar-refractivity contribution in [3.63, 3.8) is 0 Å². The van der Waals surface area contributed by atoms with Crippen LogP contribution >= 0.6 is 12.4 Å². The van der Waals surface area contributed by atoms with Gasteiger partial charge in [-0.15, -0.1) is 12.4 Å². The van der Waals surface area contributed by atoms with Crippen LogP contribution in [-0.4, -0.2) is 33.3 Å². The fourth-order valence-electron chi connectivity index (χ4n) is 2.18. The number of nitriles is 1. The van der Waals surface area contributed by atoms with E-state index < -0.39 is 15.4 Å². The maximum absolute atomic E-state index is 11.4. The van der Waals surface area contributed by atoms with Gasteiger partial charge in [0, 0.05) is 11.9 Å². The molecule has 1 aromatic rings. The normalized spacial score (nSPS) is 17.6. The molecule has 0 aromatic heterocycles. The van der Waals surface area contributed by atoms with Crippen LogP contribution in [0.4, 0.5) is 5.69 Å². The molecule has 0 unspecified atom stereocenters. The molecule has 5 nitrogen and oxygen atoms in total. The first-order valence-corrected chi connectivity index (χ1v) is 8.05. The van der Waals surface area contributed by atoms with Gasteiger partial charge in [0.2, 0.25) is 0 Å². The van der Waals surface area contributed by atoms with Crippen molar-refractivity contribution >= 4 is 27.9 Å². The Hall–Kier alpha value is -1.29. The minimum Gasteiger partial charge on any atom is -0.367 e. The van der Waals surface area contributed by atoms with Crippen molar-refractivity contribution in [1.29, 1.82) is 5.26 Å². The third-order valence-electron chi connectivity index (χ3n) is 3.34. The van der Waals surface area contributed by atoms with Gasteiger partial charge in [0.15, 0.2) is 9.84 Å². The number of nitrogens with one attached hydrogen (secondary N) is 2. The average molecular weight is 316 g/mol. The van der Waals surface area contributed by atoms with Crippen LogP contribution in [0, 0.1) is 11.3 Å². The summed E-state index contributed by atoms with van der Waals surface area (Å²) in [6, 6.07) is 8.87. The zero-order valence-electron chi connectivity index (χ0n) is 11.2. The molecule has 1 heterocycles. The summed E-state index contributed by atoms with van der Waals surface area (Å²) in [6.07, 6.45) is 2.65. The molecule has 0 radical (unpaired) electrons. The lowest BCUT2D eigenvalue weighted by Gasteiger charge is -2.33. The molecule has 2 N–H and O–H groups in total. The lowest BCUT2D eigenvalue weighted by atomic mass is 9.89. The van der Waals surface area contributed by atoms with Crippen LogP contribution < -0.4 is 10.6 Å². The van der Waals surface area contributed by atoms with Crippen molar-refractivity contribution in [1.82, 2.24) is 5.32 Å². The molecule has 0 spiro atoms. The zero-order chi connectivity index (χ0) is 13.9. The highest BCUT2D eigenvalue weighted by Crippen LogP contribution is 2.24. The second-order valence-electron chi connectivity index (χ2n) is 4.87. The van der Waals surface area contributed by atoms with E-state index in [4.69, 9.17) is 0 Å². The van der Waals surface area contributed by atoms with Gasteiger partial charge in [0.1, 0.15) is 5.54 Å². The zero-order valence-corrected chi connectivity index (χ0v) is 12.9. The van der Waals surface area contributed by atoms with E-state index in [1.807, 2.05) is 0 Å². The van der Waals surface area contributed by atoms with Crippen LogP contribution in [0.5, 0.6) is 0 Å². The van der Waals surface area contributed by atoms with Gasteiger partial charge in [-0.05, 0) is 50.2 Å². The maximum atomic E-state index is 11.4. The number of rotatable bonds is 3. The van der Waals surface area contributed by atoms with Gasteiger partial charge in [-0.3, -0.25) is 0 Å². The number of hydrogen-bond donors (Lipinski definition) is 2. The summed E-state index contributed by atoms with van der Waals surface area (Å²) < 4.78 is 22.7. The monoisotopic (exact) mass is 315 g/mol. The Balaban J connectivity index is 0.00000200. The topological polar surface area (TPSA) is 82.0 Å². The SMILES string of the molecule is CS(=O)(=O)c1ccc(NC2(C#N)CCNCC2)cc1.Cl. The van der Waals surface area contributed by atoms with E-state index in [2.05, 4.69) is 16.7 Å². The van der Waals surface area contributed by atoms with Crippen LogP contribution in [0.25, 0.3) is 0 Å². The Morgan fingerprint density at radius 2 is 1.80 bits per heavy atom. The van der Waals surface area contributed by atoms with Gasteiger partial charge in [0.05, 0.1) is 11.0 Å². The van der Waals surface area contributed by atoms with E-state index in [-0.39, 0.29) is 17.3 Å². The van der Waals surface area contributed by atoms with Crippen LogP contribution in [0.2, 0.25) is 0 Å². The van der Waals surface area contributed by atoms with Crippen LogP contribution in [0.15, 0.2) is 29.2 Å². The van der Waals surface area contributed by atoms with Crippen molar-refractivity contribution in [3.05, 3.63) is 24.3 Å². The summed E-state index contributed by atoms with van der Waals surface area (Å²) in [5.41, 5.74) is 0.216. The van der Waals surface area contributed by atoms with E-state index in [0.717, 1.165) is 31.6 Å². The summed E-state index contributed by atoms with van der Waals surface area (Å²) >= 11 is 0. The molecule has 1 aliphatic heterocycles. The van der Waals surface area contributed by atoms with Crippen molar-refractivity contribution in [2.75, 3.05) is 24.7 Å². The van der Waals surface area contributed by atoms with Crippen LogP contribution in [0.1, 0.15) is 12.8 Å². The maximum Gasteiger partial charge on any atom is 0.175 e. The fourth-order valence-corrected chi connectivity index (χ4v) is 2.81. The van der Waals surface area contributed by atoms with Gasteiger partial charge < -0.3 is 10.6 Å². The number of piperidine rings is 1. The first kappa shape index (κ1) is 16.8. The summed E-state index contributed by atoms with van der Waals surface area (Å²) in [5, 5.41) is 15.8. The van der Waals surface area contributed by atoms with Gasteiger partial charge in [-0.1, -0.05) is 0 Å². The average Bonchev–Trinajstić information content (AvgIpc) is 2.39. The molecule has 1 fully saturated rings. The highest BCUT2D eigenvalue weighted by atomic mass is 35.5. The minimum absolute atomic E-state index is 0. The summed E-state index contributed by atoms with van der Waals surface area (Å²) in [4.78, 5) is 0.286. The van der Waals surface area contributed by atoms with E-state index in [1.165, 1.54) is 6.26 Å². The molecule has 0 aliphatic carbocycles. The highest BCUT2D eigenvalue weighted by molar-refractivity contribution is 7.90. The Kier molecular flexibility index (Phi) is 5.40. The molecule has 1 aliphatic rings. The van der Waals surface area contributed by atoms with Crippen LogP contribution in [-0.2, 0) is 9.84 Å². The minimum atomic E-state index is -3.18. The summed E-state index contributed by atoms with van der Waals surface area (Å²) in [5.74, 6) is 0. The molecule has 1 saturated heterocycles. The van der Waals surface area contributed by atoms with E-state index in [0.29, 0.717) is 0 Å². The highest BCUT2D eigenvalue weighted by Gasteiger charge is 2.31. The van der Waals surface area contributed by atoms with Gasteiger partial charge in [0.25, 0.3) is 0 Å². The fraction of sp³-hybridized carbons (Fsp3) is 0.462. The predicted molar refractivity (Wildman–Crippen MR) is 80.9 cm³/mol. The smallest absolute Gasteiger partial charge is 0.175 e. The molecule has 0 amide bonds.